The molecule has 0 amide bonds. The molecular formula is C15H21BrN2O3. The Kier molecular flexibility index (Phi) is 3.86. The van der Waals surface area contributed by atoms with Gasteiger partial charge in [0.25, 0.3) is 0 Å². The summed E-state index contributed by atoms with van der Waals surface area (Å²) in [5.41, 5.74) is 1.20. The minimum Gasteiger partial charge on any atom is -0.481 e. The largest absolute Gasteiger partial charge is 0.481 e. The van der Waals surface area contributed by atoms with E-state index in [9.17, 15) is 9.90 Å². The second kappa shape index (κ2) is 5.39. The first-order valence-electron chi connectivity index (χ1n) is 7.64. The quantitative estimate of drug-likeness (QED) is 0.880. The third kappa shape index (κ3) is 2.23. The van der Waals surface area contributed by atoms with Crippen LogP contribution >= 0.6 is 15.9 Å². The number of carboxylic acid groups (broad SMARTS) is 1. The van der Waals surface area contributed by atoms with Gasteiger partial charge < -0.3 is 9.84 Å². The highest BCUT2D eigenvalue weighted by Gasteiger charge is 2.57. The Hall–Kier alpha value is -0.880. The highest BCUT2D eigenvalue weighted by molar-refractivity contribution is 9.10. The first-order valence-corrected chi connectivity index (χ1v) is 8.44. The number of nitrogens with zero attached hydrogens (tertiary/aromatic N) is 2. The number of hydrogen-bond donors (Lipinski definition) is 1. The van der Waals surface area contributed by atoms with Gasteiger partial charge in [0.2, 0.25) is 0 Å². The fraction of sp³-hybridized carbons (Fsp3) is 0.733. The predicted octanol–water partition coefficient (Wildman–Crippen LogP) is 2.79. The van der Waals surface area contributed by atoms with E-state index in [1.165, 1.54) is 0 Å². The van der Waals surface area contributed by atoms with E-state index >= 15 is 0 Å². The zero-order chi connectivity index (χ0) is 15.2. The van der Waals surface area contributed by atoms with E-state index in [-0.39, 0.29) is 12.2 Å². The van der Waals surface area contributed by atoms with Crippen LogP contribution in [-0.2, 0) is 28.9 Å². The second-order valence-corrected chi connectivity index (χ2v) is 6.84. The molecule has 0 saturated carbocycles. The van der Waals surface area contributed by atoms with Gasteiger partial charge in [0.15, 0.2) is 0 Å². The molecule has 0 radical (unpaired) electrons. The van der Waals surface area contributed by atoms with E-state index in [0.717, 1.165) is 41.7 Å². The van der Waals surface area contributed by atoms with Crippen LogP contribution in [0.2, 0.25) is 0 Å². The first-order chi connectivity index (χ1) is 10.0. The number of aliphatic carboxylic acids is 1. The van der Waals surface area contributed by atoms with Gasteiger partial charge in [-0.15, -0.1) is 0 Å². The molecule has 0 aliphatic carbocycles. The van der Waals surface area contributed by atoms with Gasteiger partial charge >= 0.3 is 5.97 Å². The van der Waals surface area contributed by atoms with E-state index in [1.807, 2.05) is 11.6 Å². The summed E-state index contributed by atoms with van der Waals surface area (Å²) in [6.07, 6.45) is 3.76. The smallest absolute Gasteiger partial charge is 0.312 e. The molecule has 1 N–H and O–H groups in total. The summed E-state index contributed by atoms with van der Waals surface area (Å²) in [5.74, 6) is -0.733. The number of carboxylic acids is 1. The fourth-order valence-corrected chi connectivity index (χ4v) is 4.48. The topological polar surface area (TPSA) is 64.4 Å². The Morgan fingerprint density at radius 2 is 2.29 bits per heavy atom. The molecule has 0 aromatic carbocycles. The van der Waals surface area contributed by atoms with Crippen LogP contribution < -0.4 is 0 Å². The molecule has 1 aromatic heterocycles. The fourth-order valence-electron chi connectivity index (χ4n) is 3.77. The molecule has 2 bridgehead atoms. The van der Waals surface area contributed by atoms with Crippen molar-refractivity contribution in [1.82, 2.24) is 9.78 Å². The average molecular weight is 357 g/mol. The van der Waals surface area contributed by atoms with Crippen LogP contribution in [0.5, 0.6) is 0 Å². The van der Waals surface area contributed by atoms with Crippen LogP contribution in [-0.4, -0.2) is 33.1 Å². The lowest BCUT2D eigenvalue weighted by Gasteiger charge is -2.31. The first kappa shape index (κ1) is 15.0. The minimum atomic E-state index is -0.788. The molecule has 2 fully saturated rings. The van der Waals surface area contributed by atoms with Crippen LogP contribution in [0, 0.1) is 5.41 Å². The van der Waals surface area contributed by atoms with Crippen LogP contribution in [0.25, 0.3) is 0 Å². The predicted molar refractivity (Wildman–Crippen MR) is 81.3 cm³/mol. The van der Waals surface area contributed by atoms with E-state index in [2.05, 4.69) is 28.0 Å². The van der Waals surface area contributed by atoms with Crippen molar-refractivity contribution in [2.45, 2.75) is 64.7 Å². The van der Waals surface area contributed by atoms with Crippen LogP contribution in [0.3, 0.4) is 0 Å². The molecule has 0 spiro atoms. The number of hydrogen-bond acceptors (Lipinski definition) is 3. The SMILES string of the molecule is CCc1nn(CC)c(CC2(C(=O)O)CC3CCC2O3)c1Br. The molecule has 5 nitrogen and oxygen atoms in total. The van der Waals surface area contributed by atoms with Crippen LogP contribution in [0.1, 0.15) is 44.5 Å². The molecule has 21 heavy (non-hydrogen) atoms. The van der Waals surface area contributed by atoms with Gasteiger partial charge in [0.05, 0.1) is 28.1 Å². The van der Waals surface area contributed by atoms with Crippen molar-refractivity contribution in [3.8, 4) is 0 Å². The molecule has 3 rings (SSSR count). The Balaban J connectivity index is 1.98. The number of aromatic nitrogens is 2. The monoisotopic (exact) mass is 356 g/mol. The van der Waals surface area contributed by atoms with Gasteiger partial charge in [-0.25, -0.2) is 0 Å². The maximum atomic E-state index is 12.0. The van der Waals surface area contributed by atoms with Gasteiger partial charge in [-0.1, -0.05) is 6.92 Å². The summed E-state index contributed by atoms with van der Waals surface area (Å²) in [5, 5.41) is 14.4. The standard InChI is InChI=1S/C15H21BrN2O3/c1-3-10-13(16)11(18(4-2)17-10)8-15(14(19)20)7-9-5-6-12(15)21-9/h9,12H,3-8H2,1-2H3,(H,19,20). The third-order valence-electron chi connectivity index (χ3n) is 4.92. The van der Waals surface area contributed by atoms with Crippen LogP contribution in [0.15, 0.2) is 4.47 Å². The molecular weight excluding hydrogens is 336 g/mol. The second-order valence-electron chi connectivity index (χ2n) is 6.04. The lowest BCUT2D eigenvalue weighted by molar-refractivity contribution is -0.152. The maximum Gasteiger partial charge on any atom is 0.312 e. The minimum absolute atomic E-state index is 0.119. The highest BCUT2D eigenvalue weighted by atomic mass is 79.9. The van der Waals surface area contributed by atoms with Gasteiger partial charge in [-0.3, -0.25) is 9.48 Å². The van der Waals surface area contributed by atoms with E-state index in [4.69, 9.17) is 4.74 Å². The Labute approximate surface area is 132 Å². The van der Waals surface area contributed by atoms with Crippen molar-refractivity contribution in [3.63, 3.8) is 0 Å². The molecule has 3 heterocycles. The number of aryl methyl sites for hydroxylation is 2. The molecule has 1 aromatic rings. The van der Waals surface area contributed by atoms with Crippen molar-refractivity contribution in [3.05, 3.63) is 15.9 Å². The lowest BCUT2D eigenvalue weighted by atomic mass is 9.71. The average Bonchev–Trinajstić information content (AvgIpc) is 3.14. The molecule has 2 aliphatic heterocycles. The number of halogens is 1. The Morgan fingerprint density at radius 3 is 2.76 bits per heavy atom. The lowest BCUT2D eigenvalue weighted by Crippen LogP contribution is -2.42. The van der Waals surface area contributed by atoms with Gasteiger partial charge in [0.1, 0.15) is 5.41 Å². The number of ether oxygens (including phenoxy) is 1. The summed E-state index contributed by atoms with van der Waals surface area (Å²) in [7, 11) is 0. The third-order valence-corrected chi connectivity index (χ3v) is 5.83. The molecule has 6 heteroatoms. The molecule has 2 saturated heterocycles. The van der Waals surface area contributed by atoms with E-state index in [1.54, 1.807) is 0 Å². The zero-order valence-corrected chi connectivity index (χ0v) is 14.0. The van der Waals surface area contributed by atoms with Crippen LogP contribution in [0.4, 0.5) is 0 Å². The summed E-state index contributed by atoms with van der Waals surface area (Å²) < 4.78 is 8.74. The highest BCUT2D eigenvalue weighted by Crippen LogP contribution is 2.50. The Bertz CT molecular complexity index is 572. The van der Waals surface area contributed by atoms with Crippen molar-refractivity contribution >= 4 is 21.9 Å². The molecule has 2 aliphatic rings. The molecule has 3 atom stereocenters. The van der Waals surface area contributed by atoms with E-state index < -0.39 is 11.4 Å². The van der Waals surface area contributed by atoms with Gasteiger partial charge in [-0.05, 0) is 48.5 Å². The summed E-state index contributed by atoms with van der Waals surface area (Å²) >= 11 is 3.62. The maximum absolute atomic E-state index is 12.0. The Morgan fingerprint density at radius 1 is 1.52 bits per heavy atom. The number of carbonyl (C=O) groups is 1. The summed E-state index contributed by atoms with van der Waals surface area (Å²) in [6.45, 7) is 4.84. The van der Waals surface area contributed by atoms with Gasteiger partial charge in [-0.2, -0.15) is 5.10 Å². The van der Waals surface area contributed by atoms with Crippen molar-refractivity contribution in [2.24, 2.45) is 5.41 Å². The van der Waals surface area contributed by atoms with Crippen molar-refractivity contribution in [2.75, 3.05) is 0 Å². The summed E-state index contributed by atoms with van der Waals surface area (Å²) in [6, 6.07) is 0. The van der Waals surface area contributed by atoms with Crippen molar-refractivity contribution < 1.29 is 14.6 Å². The zero-order valence-electron chi connectivity index (χ0n) is 12.4. The molecule has 3 unspecified atom stereocenters. The normalized spacial score (nSPS) is 31.0. The van der Waals surface area contributed by atoms with Gasteiger partial charge in [0, 0.05) is 13.0 Å². The number of rotatable bonds is 5. The van der Waals surface area contributed by atoms with Crippen molar-refractivity contribution in [1.29, 1.82) is 0 Å². The molecule has 116 valence electrons. The van der Waals surface area contributed by atoms with E-state index in [0.29, 0.717) is 12.8 Å². The number of fused-ring (bicyclic) bond motifs is 2. The summed E-state index contributed by atoms with van der Waals surface area (Å²) in [4.78, 5) is 12.0.